The first-order chi connectivity index (χ1) is 11.1. The molecule has 24 heavy (non-hydrogen) atoms. The number of piperidine rings is 1. The van der Waals surface area contributed by atoms with Crippen LogP contribution in [0, 0.1) is 13.8 Å². The van der Waals surface area contributed by atoms with Gasteiger partial charge in [0.25, 0.3) is 5.91 Å². The molecule has 1 aliphatic heterocycles. The van der Waals surface area contributed by atoms with Gasteiger partial charge in [-0.2, -0.15) is 5.10 Å². The van der Waals surface area contributed by atoms with Gasteiger partial charge in [0.05, 0.1) is 11.4 Å². The number of benzene rings is 1. The van der Waals surface area contributed by atoms with Crippen LogP contribution in [0.3, 0.4) is 0 Å². The second-order valence-electron chi connectivity index (χ2n) is 6.26. The van der Waals surface area contributed by atoms with Crippen LogP contribution in [0.2, 0.25) is 0 Å². The molecule has 1 aromatic carbocycles. The largest absolute Gasteiger partial charge is 0.337 e. The third kappa shape index (κ3) is 3.79. The summed E-state index contributed by atoms with van der Waals surface area (Å²) in [5, 5.41) is 7.75. The lowest BCUT2D eigenvalue weighted by molar-refractivity contribution is 0.0698. The Morgan fingerprint density at radius 3 is 2.54 bits per heavy atom. The summed E-state index contributed by atoms with van der Waals surface area (Å²) in [6.45, 7) is 5.64. The molecule has 0 bridgehead atoms. The van der Waals surface area contributed by atoms with Gasteiger partial charge in [-0.3, -0.25) is 4.79 Å². The van der Waals surface area contributed by atoms with Crippen LogP contribution in [0.15, 0.2) is 30.3 Å². The highest BCUT2D eigenvalue weighted by atomic mass is 35.5. The Morgan fingerprint density at radius 1 is 1.25 bits per heavy atom. The first-order valence-electron chi connectivity index (χ1n) is 8.18. The van der Waals surface area contributed by atoms with E-state index in [0.717, 1.165) is 48.6 Å². The first-order valence-corrected chi connectivity index (χ1v) is 8.18. The summed E-state index contributed by atoms with van der Waals surface area (Å²) < 4.78 is 1.90. The summed E-state index contributed by atoms with van der Waals surface area (Å²) in [7, 11) is 1.96. The fourth-order valence-corrected chi connectivity index (χ4v) is 3.22. The topological polar surface area (TPSA) is 50.2 Å². The van der Waals surface area contributed by atoms with Crippen molar-refractivity contribution in [3.8, 4) is 5.69 Å². The lowest BCUT2D eigenvalue weighted by Gasteiger charge is -2.32. The SMILES string of the molecule is CNC1CCCN(C(=O)c2ccc(-n3nc(C)cc3C)cc2)C1.Cl. The molecule has 0 spiro atoms. The molecule has 1 atom stereocenters. The van der Waals surface area contributed by atoms with Gasteiger partial charge in [-0.25, -0.2) is 4.68 Å². The van der Waals surface area contributed by atoms with Crippen molar-refractivity contribution < 1.29 is 4.79 Å². The maximum Gasteiger partial charge on any atom is 0.253 e. The molecule has 0 radical (unpaired) electrons. The van der Waals surface area contributed by atoms with Gasteiger partial charge >= 0.3 is 0 Å². The van der Waals surface area contributed by atoms with E-state index in [-0.39, 0.29) is 18.3 Å². The number of hydrogen-bond donors (Lipinski definition) is 1. The van der Waals surface area contributed by atoms with Crippen molar-refractivity contribution in [1.82, 2.24) is 20.0 Å². The quantitative estimate of drug-likeness (QED) is 0.927. The second kappa shape index (κ2) is 7.81. The summed E-state index contributed by atoms with van der Waals surface area (Å²) in [5.41, 5.74) is 3.81. The molecule has 1 saturated heterocycles. The second-order valence-corrected chi connectivity index (χ2v) is 6.26. The number of likely N-dealkylation sites (N-methyl/N-ethyl adjacent to an activating group) is 1. The van der Waals surface area contributed by atoms with E-state index >= 15 is 0 Å². The summed E-state index contributed by atoms with van der Waals surface area (Å²) in [6.07, 6.45) is 2.19. The number of halogens is 1. The number of hydrogen-bond acceptors (Lipinski definition) is 3. The van der Waals surface area contributed by atoms with Gasteiger partial charge in [0.15, 0.2) is 0 Å². The molecular formula is C18H25ClN4O. The number of carbonyl (C=O) groups is 1. The predicted molar refractivity (Wildman–Crippen MR) is 98.3 cm³/mol. The molecule has 1 fully saturated rings. The number of amides is 1. The molecule has 1 amide bonds. The molecule has 6 heteroatoms. The Balaban J connectivity index is 0.00000208. The minimum Gasteiger partial charge on any atom is -0.337 e. The van der Waals surface area contributed by atoms with Crippen molar-refractivity contribution >= 4 is 18.3 Å². The van der Waals surface area contributed by atoms with Gasteiger partial charge in [0, 0.05) is 30.4 Å². The highest BCUT2D eigenvalue weighted by Gasteiger charge is 2.23. The maximum absolute atomic E-state index is 12.7. The van der Waals surface area contributed by atoms with Crippen LogP contribution < -0.4 is 5.32 Å². The molecule has 3 rings (SSSR count). The zero-order chi connectivity index (χ0) is 16.4. The number of likely N-dealkylation sites (tertiary alicyclic amines) is 1. The van der Waals surface area contributed by atoms with Gasteiger partial charge < -0.3 is 10.2 Å². The maximum atomic E-state index is 12.7. The number of aryl methyl sites for hydroxylation is 2. The molecule has 0 saturated carbocycles. The van der Waals surface area contributed by atoms with Crippen molar-refractivity contribution in [2.24, 2.45) is 0 Å². The highest BCUT2D eigenvalue weighted by molar-refractivity contribution is 5.94. The normalized spacial score (nSPS) is 17.5. The Bertz CT molecular complexity index is 696. The number of nitrogens with one attached hydrogen (secondary N) is 1. The van der Waals surface area contributed by atoms with Crippen LogP contribution >= 0.6 is 12.4 Å². The molecular weight excluding hydrogens is 324 g/mol. The molecule has 1 N–H and O–H groups in total. The van der Waals surface area contributed by atoms with Crippen molar-refractivity contribution in [2.75, 3.05) is 20.1 Å². The molecule has 1 unspecified atom stereocenters. The average molecular weight is 349 g/mol. The smallest absolute Gasteiger partial charge is 0.253 e. The van der Waals surface area contributed by atoms with Gasteiger partial charge in [-0.05, 0) is 64.1 Å². The van der Waals surface area contributed by atoms with Crippen LogP contribution in [0.4, 0.5) is 0 Å². The predicted octanol–water partition coefficient (Wildman–Crippen LogP) is 2.73. The van der Waals surface area contributed by atoms with Crippen LogP contribution in [-0.4, -0.2) is 46.8 Å². The molecule has 130 valence electrons. The summed E-state index contributed by atoms with van der Waals surface area (Å²) in [5.74, 6) is 0.116. The van der Waals surface area contributed by atoms with Crippen LogP contribution in [-0.2, 0) is 0 Å². The number of nitrogens with zero attached hydrogens (tertiary/aromatic N) is 3. The fraction of sp³-hybridized carbons (Fsp3) is 0.444. The first kappa shape index (κ1) is 18.5. The molecule has 5 nitrogen and oxygen atoms in total. The van der Waals surface area contributed by atoms with Gasteiger partial charge in [-0.15, -0.1) is 12.4 Å². The van der Waals surface area contributed by atoms with E-state index in [2.05, 4.69) is 10.4 Å². The molecule has 0 aliphatic carbocycles. The van der Waals surface area contributed by atoms with Crippen molar-refractivity contribution in [1.29, 1.82) is 0 Å². The fourth-order valence-electron chi connectivity index (χ4n) is 3.22. The van der Waals surface area contributed by atoms with Gasteiger partial charge in [-0.1, -0.05) is 0 Å². The van der Waals surface area contributed by atoms with E-state index in [1.165, 1.54) is 0 Å². The third-order valence-electron chi connectivity index (χ3n) is 4.49. The van der Waals surface area contributed by atoms with E-state index < -0.39 is 0 Å². The average Bonchev–Trinajstić information content (AvgIpc) is 2.93. The third-order valence-corrected chi connectivity index (χ3v) is 4.49. The molecule has 1 aromatic heterocycles. The lowest BCUT2D eigenvalue weighted by Crippen LogP contribution is -2.46. The monoisotopic (exact) mass is 348 g/mol. The molecule has 2 aromatic rings. The van der Waals surface area contributed by atoms with Crippen molar-refractivity contribution in [3.63, 3.8) is 0 Å². The van der Waals surface area contributed by atoms with Crippen LogP contribution in [0.25, 0.3) is 5.69 Å². The minimum absolute atomic E-state index is 0. The zero-order valence-electron chi connectivity index (χ0n) is 14.5. The number of aromatic nitrogens is 2. The van der Waals surface area contributed by atoms with Gasteiger partial charge in [0.1, 0.15) is 0 Å². The van der Waals surface area contributed by atoms with Crippen molar-refractivity contribution in [3.05, 3.63) is 47.3 Å². The van der Waals surface area contributed by atoms with E-state index in [0.29, 0.717) is 6.04 Å². The summed E-state index contributed by atoms with van der Waals surface area (Å²) in [6, 6.07) is 10.2. The highest BCUT2D eigenvalue weighted by Crippen LogP contribution is 2.17. The van der Waals surface area contributed by atoms with E-state index in [1.54, 1.807) is 0 Å². The summed E-state index contributed by atoms with van der Waals surface area (Å²) >= 11 is 0. The Morgan fingerprint density at radius 2 is 1.96 bits per heavy atom. The zero-order valence-corrected chi connectivity index (χ0v) is 15.3. The Kier molecular flexibility index (Phi) is 6.02. The van der Waals surface area contributed by atoms with Crippen LogP contribution in [0.5, 0.6) is 0 Å². The lowest BCUT2D eigenvalue weighted by atomic mass is 10.0. The van der Waals surface area contributed by atoms with Crippen molar-refractivity contribution in [2.45, 2.75) is 32.7 Å². The summed E-state index contributed by atoms with van der Waals surface area (Å²) in [4.78, 5) is 14.6. The van der Waals surface area contributed by atoms with Crippen LogP contribution in [0.1, 0.15) is 34.6 Å². The minimum atomic E-state index is 0. The Labute approximate surface area is 149 Å². The van der Waals surface area contributed by atoms with E-state index in [9.17, 15) is 4.79 Å². The van der Waals surface area contributed by atoms with Gasteiger partial charge in [0.2, 0.25) is 0 Å². The number of rotatable bonds is 3. The molecule has 1 aliphatic rings. The molecule has 2 heterocycles. The van der Waals surface area contributed by atoms with E-state index in [4.69, 9.17) is 0 Å². The standard InChI is InChI=1S/C18H24N4O.ClH/c1-13-11-14(2)22(20-13)17-8-6-15(7-9-17)18(23)21-10-4-5-16(12-21)19-3;/h6-9,11,16,19H,4-5,10,12H2,1-3H3;1H. The number of carbonyl (C=O) groups excluding carboxylic acids is 1. The van der Waals surface area contributed by atoms with E-state index in [1.807, 2.05) is 60.8 Å². The Hall–Kier alpha value is -1.85.